The van der Waals surface area contributed by atoms with Crippen LogP contribution in [0.15, 0.2) is 24.3 Å². The molecule has 6 heteroatoms. The van der Waals surface area contributed by atoms with Gasteiger partial charge in [-0.15, -0.1) is 10.2 Å². The summed E-state index contributed by atoms with van der Waals surface area (Å²) in [6.07, 6.45) is 1.75. The van der Waals surface area contributed by atoms with Crippen molar-refractivity contribution in [2.45, 2.75) is 25.0 Å². The first-order valence-electron chi connectivity index (χ1n) is 6.41. The van der Waals surface area contributed by atoms with Gasteiger partial charge in [-0.1, -0.05) is 18.2 Å². The summed E-state index contributed by atoms with van der Waals surface area (Å²) in [6, 6.07) is 8.35. The number of fused-ring (bicyclic) bond motifs is 1. The van der Waals surface area contributed by atoms with Crippen LogP contribution in [0.1, 0.15) is 11.4 Å². The molecule has 1 aromatic carbocycles. The van der Waals surface area contributed by atoms with E-state index in [4.69, 9.17) is 4.74 Å². The van der Waals surface area contributed by atoms with Crippen LogP contribution >= 0.6 is 0 Å². The molecule has 0 spiro atoms. The van der Waals surface area contributed by atoms with Gasteiger partial charge < -0.3 is 10.1 Å². The van der Waals surface area contributed by atoms with Gasteiger partial charge in [0, 0.05) is 12.8 Å². The lowest BCUT2D eigenvalue weighted by molar-refractivity contribution is 0.180. The molecule has 0 saturated carbocycles. The summed E-state index contributed by atoms with van der Waals surface area (Å²) in [5, 5.41) is 15.4. The van der Waals surface area contributed by atoms with Crippen molar-refractivity contribution in [2.24, 2.45) is 7.05 Å². The van der Waals surface area contributed by atoms with Crippen LogP contribution in [-0.4, -0.2) is 39.4 Å². The van der Waals surface area contributed by atoms with Crippen LogP contribution in [0.2, 0.25) is 0 Å². The Morgan fingerprint density at radius 1 is 1.47 bits per heavy atom. The number of nitrogens with one attached hydrogen (secondary N) is 1. The van der Waals surface area contributed by atoms with Crippen molar-refractivity contribution < 1.29 is 4.74 Å². The van der Waals surface area contributed by atoms with Gasteiger partial charge in [0.1, 0.15) is 11.9 Å². The molecule has 1 N–H and O–H groups in total. The Hall–Kier alpha value is -1.95. The van der Waals surface area contributed by atoms with Crippen LogP contribution in [0.4, 0.5) is 0 Å². The zero-order chi connectivity index (χ0) is 13.2. The first-order valence-corrected chi connectivity index (χ1v) is 6.41. The fourth-order valence-corrected chi connectivity index (χ4v) is 2.45. The molecule has 2 unspecified atom stereocenters. The Morgan fingerprint density at radius 2 is 2.32 bits per heavy atom. The van der Waals surface area contributed by atoms with Crippen molar-refractivity contribution in [1.29, 1.82) is 0 Å². The average molecular weight is 259 g/mol. The lowest BCUT2D eigenvalue weighted by Gasteiger charge is -2.21. The fourth-order valence-electron chi connectivity index (χ4n) is 2.45. The van der Waals surface area contributed by atoms with Gasteiger partial charge in [-0.3, -0.25) is 0 Å². The lowest BCUT2D eigenvalue weighted by atomic mass is 10.0. The minimum atomic E-state index is 0.117. The van der Waals surface area contributed by atoms with Crippen molar-refractivity contribution in [1.82, 2.24) is 25.5 Å². The fraction of sp³-hybridized carbons (Fsp3) is 0.462. The number of benzene rings is 1. The third-order valence-electron chi connectivity index (χ3n) is 3.44. The molecular formula is C13H17N5O. The summed E-state index contributed by atoms with van der Waals surface area (Å²) < 4.78 is 5.99. The van der Waals surface area contributed by atoms with E-state index >= 15 is 0 Å². The maximum absolute atomic E-state index is 5.99. The Bertz CT molecular complexity index is 543. The molecule has 0 fully saturated rings. The SMILES string of the molecule is CNC(Cc1nnn(C)n1)C1Cc2ccccc2O1. The minimum absolute atomic E-state index is 0.117. The molecule has 0 amide bonds. The molecule has 0 bridgehead atoms. The predicted octanol–water partition coefficient (Wildman–Crippen LogP) is 0.344. The van der Waals surface area contributed by atoms with E-state index in [-0.39, 0.29) is 12.1 Å². The topological polar surface area (TPSA) is 64.9 Å². The van der Waals surface area contributed by atoms with Crippen LogP contribution in [0, 0.1) is 0 Å². The number of likely N-dealkylation sites (N-methyl/N-ethyl adjacent to an activating group) is 1. The molecular weight excluding hydrogens is 242 g/mol. The summed E-state index contributed by atoms with van der Waals surface area (Å²) in [6.45, 7) is 0. The Morgan fingerprint density at radius 3 is 3.00 bits per heavy atom. The normalized spacial score (nSPS) is 18.9. The van der Waals surface area contributed by atoms with Gasteiger partial charge in [-0.2, -0.15) is 4.80 Å². The Kier molecular flexibility index (Phi) is 3.16. The second-order valence-corrected chi connectivity index (χ2v) is 4.76. The number of rotatable bonds is 4. The molecule has 2 heterocycles. The zero-order valence-corrected chi connectivity index (χ0v) is 11.1. The Balaban J connectivity index is 1.71. The highest BCUT2D eigenvalue weighted by atomic mass is 16.5. The predicted molar refractivity (Wildman–Crippen MR) is 69.9 cm³/mol. The van der Waals surface area contributed by atoms with Gasteiger partial charge in [0.05, 0.1) is 13.1 Å². The van der Waals surface area contributed by atoms with Gasteiger partial charge in [0.25, 0.3) is 0 Å². The third-order valence-corrected chi connectivity index (χ3v) is 3.44. The standard InChI is InChI=1S/C13H17N5O/c1-14-10(8-13-15-17-18(2)16-13)12-7-9-5-3-4-6-11(9)19-12/h3-6,10,12,14H,7-8H2,1-2H3. The van der Waals surface area contributed by atoms with E-state index in [0.29, 0.717) is 6.42 Å². The van der Waals surface area contributed by atoms with Gasteiger partial charge in [0.2, 0.25) is 0 Å². The highest BCUT2D eigenvalue weighted by Gasteiger charge is 2.30. The van der Waals surface area contributed by atoms with Crippen LogP contribution in [-0.2, 0) is 19.9 Å². The van der Waals surface area contributed by atoms with E-state index in [1.807, 2.05) is 25.2 Å². The molecule has 2 aromatic rings. The summed E-state index contributed by atoms with van der Waals surface area (Å²) in [5.41, 5.74) is 1.26. The number of hydrogen-bond donors (Lipinski definition) is 1. The first-order chi connectivity index (χ1) is 9.26. The van der Waals surface area contributed by atoms with Crippen LogP contribution < -0.4 is 10.1 Å². The highest BCUT2D eigenvalue weighted by molar-refractivity contribution is 5.37. The molecule has 6 nitrogen and oxygen atoms in total. The number of ether oxygens (including phenoxy) is 1. The van der Waals surface area contributed by atoms with E-state index in [9.17, 15) is 0 Å². The van der Waals surface area contributed by atoms with Crippen molar-refractivity contribution >= 4 is 0 Å². The van der Waals surface area contributed by atoms with E-state index in [1.54, 1.807) is 7.05 Å². The van der Waals surface area contributed by atoms with Crippen molar-refractivity contribution in [3.05, 3.63) is 35.7 Å². The maximum Gasteiger partial charge on any atom is 0.176 e. The monoisotopic (exact) mass is 259 g/mol. The van der Waals surface area contributed by atoms with E-state index in [2.05, 4.69) is 26.8 Å². The highest BCUT2D eigenvalue weighted by Crippen LogP contribution is 2.29. The molecule has 0 radical (unpaired) electrons. The van der Waals surface area contributed by atoms with Gasteiger partial charge in [0.15, 0.2) is 5.82 Å². The maximum atomic E-state index is 5.99. The molecule has 3 rings (SSSR count). The Labute approximate surface area is 111 Å². The largest absolute Gasteiger partial charge is 0.488 e. The van der Waals surface area contributed by atoms with E-state index < -0.39 is 0 Å². The summed E-state index contributed by atoms with van der Waals surface area (Å²) in [7, 11) is 3.71. The molecule has 19 heavy (non-hydrogen) atoms. The van der Waals surface area contributed by atoms with E-state index in [1.165, 1.54) is 10.4 Å². The molecule has 0 aliphatic carbocycles. The summed E-state index contributed by atoms with van der Waals surface area (Å²) in [4.78, 5) is 1.48. The molecule has 1 aliphatic rings. The number of tetrazole rings is 1. The minimum Gasteiger partial charge on any atom is -0.488 e. The molecule has 100 valence electrons. The number of aromatic nitrogens is 4. The number of hydrogen-bond acceptors (Lipinski definition) is 5. The van der Waals surface area contributed by atoms with Gasteiger partial charge >= 0.3 is 0 Å². The second-order valence-electron chi connectivity index (χ2n) is 4.76. The molecule has 0 saturated heterocycles. The van der Waals surface area contributed by atoms with Crippen LogP contribution in [0.5, 0.6) is 5.75 Å². The van der Waals surface area contributed by atoms with Crippen molar-refractivity contribution in [2.75, 3.05) is 7.05 Å². The van der Waals surface area contributed by atoms with Crippen LogP contribution in [0.3, 0.4) is 0 Å². The summed E-state index contributed by atoms with van der Waals surface area (Å²) >= 11 is 0. The number of para-hydroxylation sites is 1. The first kappa shape index (κ1) is 12.1. The van der Waals surface area contributed by atoms with Crippen molar-refractivity contribution in [3.8, 4) is 5.75 Å². The lowest BCUT2D eigenvalue weighted by Crippen LogP contribution is -2.42. The van der Waals surface area contributed by atoms with Gasteiger partial charge in [-0.05, 0) is 23.9 Å². The van der Waals surface area contributed by atoms with Crippen LogP contribution in [0.25, 0.3) is 0 Å². The number of nitrogens with zero attached hydrogens (tertiary/aromatic N) is 4. The zero-order valence-electron chi connectivity index (χ0n) is 11.1. The average Bonchev–Trinajstić information content (AvgIpc) is 3.01. The third kappa shape index (κ3) is 2.44. The van der Waals surface area contributed by atoms with Crippen molar-refractivity contribution in [3.63, 3.8) is 0 Å². The molecule has 1 aliphatic heterocycles. The smallest absolute Gasteiger partial charge is 0.176 e. The van der Waals surface area contributed by atoms with Gasteiger partial charge in [-0.25, -0.2) is 0 Å². The summed E-state index contributed by atoms with van der Waals surface area (Å²) in [5.74, 6) is 1.72. The second kappa shape index (κ2) is 4.97. The van der Waals surface area contributed by atoms with E-state index in [0.717, 1.165) is 18.0 Å². The quantitative estimate of drug-likeness (QED) is 0.858. The molecule has 1 aromatic heterocycles. The number of aryl methyl sites for hydroxylation is 1. The molecule has 2 atom stereocenters.